The minimum atomic E-state index is -4.06. The van der Waals surface area contributed by atoms with Crippen molar-refractivity contribution in [3.63, 3.8) is 0 Å². The SMILES string of the molecule is Cc1[nH]c(=O)[nH]c(=O)c1S(=O)(=O)N1C[C@@H]2C[C@@H](C1)c1cccc(=O)n1C2. The van der Waals surface area contributed by atoms with Gasteiger partial charge in [-0.3, -0.25) is 14.6 Å². The highest BCUT2D eigenvalue weighted by Crippen LogP contribution is 2.36. The zero-order chi connectivity index (χ0) is 18.6. The van der Waals surface area contributed by atoms with E-state index in [1.54, 1.807) is 10.6 Å². The third kappa shape index (κ3) is 2.56. The number of aromatic nitrogens is 3. The number of pyridine rings is 1. The van der Waals surface area contributed by atoms with Gasteiger partial charge in [0.1, 0.15) is 0 Å². The zero-order valence-electron chi connectivity index (χ0n) is 14.1. The Morgan fingerprint density at radius 3 is 2.58 bits per heavy atom. The summed E-state index contributed by atoms with van der Waals surface area (Å²) in [5.41, 5.74) is -0.901. The molecule has 0 radical (unpaired) electrons. The summed E-state index contributed by atoms with van der Waals surface area (Å²) >= 11 is 0. The molecule has 0 unspecified atom stereocenters. The van der Waals surface area contributed by atoms with Crippen molar-refractivity contribution in [2.45, 2.75) is 30.7 Å². The molecule has 0 aromatic carbocycles. The summed E-state index contributed by atoms with van der Waals surface area (Å²) in [7, 11) is -4.06. The van der Waals surface area contributed by atoms with Crippen LogP contribution in [-0.4, -0.2) is 40.3 Å². The Morgan fingerprint density at radius 1 is 1.08 bits per heavy atom. The van der Waals surface area contributed by atoms with Gasteiger partial charge in [-0.05, 0) is 25.3 Å². The van der Waals surface area contributed by atoms with E-state index in [2.05, 4.69) is 4.98 Å². The quantitative estimate of drug-likeness (QED) is 0.718. The van der Waals surface area contributed by atoms with Gasteiger partial charge in [-0.1, -0.05) is 6.07 Å². The second-order valence-corrected chi connectivity index (χ2v) is 8.76. The van der Waals surface area contributed by atoms with Crippen LogP contribution in [0, 0.1) is 12.8 Å². The van der Waals surface area contributed by atoms with Crippen molar-refractivity contribution in [2.75, 3.05) is 13.1 Å². The van der Waals surface area contributed by atoms with Crippen LogP contribution in [-0.2, 0) is 16.6 Å². The van der Waals surface area contributed by atoms with E-state index < -0.39 is 26.2 Å². The fraction of sp³-hybridized carbons (Fsp3) is 0.438. The van der Waals surface area contributed by atoms with E-state index in [1.807, 2.05) is 11.1 Å². The molecule has 2 atom stereocenters. The third-order valence-electron chi connectivity index (χ3n) is 5.12. The Bertz CT molecular complexity index is 1160. The van der Waals surface area contributed by atoms with E-state index in [1.165, 1.54) is 17.3 Å². The largest absolute Gasteiger partial charge is 0.325 e. The number of fused-ring (bicyclic) bond motifs is 4. The maximum absolute atomic E-state index is 13.1. The van der Waals surface area contributed by atoms with Crippen molar-refractivity contribution in [1.29, 1.82) is 0 Å². The highest BCUT2D eigenvalue weighted by Gasteiger charge is 2.40. The molecule has 138 valence electrons. The van der Waals surface area contributed by atoms with Gasteiger partial charge in [-0.25, -0.2) is 13.2 Å². The molecule has 1 saturated heterocycles. The van der Waals surface area contributed by atoms with Crippen LogP contribution in [0.4, 0.5) is 0 Å². The summed E-state index contributed by atoms with van der Waals surface area (Å²) in [6.45, 7) is 2.28. The molecule has 0 amide bonds. The maximum Gasteiger partial charge on any atom is 0.325 e. The van der Waals surface area contributed by atoms with E-state index in [0.29, 0.717) is 6.54 Å². The van der Waals surface area contributed by atoms with Crippen molar-refractivity contribution in [1.82, 2.24) is 18.8 Å². The lowest BCUT2D eigenvalue weighted by molar-refractivity contribution is 0.186. The molecular weight excluding hydrogens is 360 g/mol. The van der Waals surface area contributed by atoms with Gasteiger partial charge in [0, 0.05) is 43.0 Å². The molecular formula is C16H18N4O5S. The van der Waals surface area contributed by atoms with E-state index in [-0.39, 0.29) is 36.2 Å². The summed E-state index contributed by atoms with van der Waals surface area (Å²) in [4.78, 5) is 39.4. The number of aryl methyl sites for hydroxylation is 1. The van der Waals surface area contributed by atoms with Gasteiger partial charge >= 0.3 is 5.69 Å². The predicted octanol–water partition coefficient (Wildman–Crippen LogP) is -0.659. The lowest BCUT2D eigenvalue weighted by Crippen LogP contribution is -2.50. The molecule has 26 heavy (non-hydrogen) atoms. The summed E-state index contributed by atoms with van der Waals surface area (Å²) < 4.78 is 29.1. The first-order chi connectivity index (χ1) is 12.3. The first-order valence-corrected chi connectivity index (χ1v) is 9.74. The molecule has 2 aliphatic heterocycles. The number of hydrogen-bond acceptors (Lipinski definition) is 5. The molecule has 1 fully saturated rings. The predicted molar refractivity (Wildman–Crippen MR) is 92.7 cm³/mol. The third-order valence-corrected chi connectivity index (χ3v) is 7.10. The van der Waals surface area contributed by atoms with Gasteiger partial charge in [-0.15, -0.1) is 0 Å². The first-order valence-electron chi connectivity index (χ1n) is 8.30. The van der Waals surface area contributed by atoms with Gasteiger partial charge in [0.05, 0.1) is 0 Å². The number of rotatable bonds is 2. The van der Waals surface area contributed by atoms with Crippen LogP contribution in [0.5, 0.6) is 0 Å². The molecule has 0 aliphatic carbocycles. The molecule has 2 N–H and O–H groups in total. The van der Waals surface area contributed by atoms with Crippen LogP contribution < -0.4 is 16.8 Å². The lowest BCUT2D eigenvalue weighted by Gasteiger charge is -2.41. The van der Waals surface area contributed by atoms with Crippen molar-refractivity contribution in [3.05, 3.63) is 60.8 Å². The Morgan fingerprint density at radius 2 is 1.85 bits per heavy atom. The molecule has 2 aliphatic rings. The fourth-order valence-electron chi connectivity index (χ4n) is 4.08. The Kier molecular flexibility index (Phi) is 3.77. The number of hydrogen-bond donors (Lipinski definition) is 2. The molecule has 0 spiro atoms. The van der Waals surface area contributed by atoms with E-state index >= 15 is 0 Å². The van der Waals surface area contributed by atoms with Crippen LogP contribution >= 0.6 is 0 Å². The smallest absolute Gasteiger partial charge is 0.312 e. The number of H-pyrrole nitrogens is 2. The van der Waals surface area contributed by atoms with Gasteiger partial charge in [0.2, 0.25) is 10.0 Å². The monoisotopic (exact) mass is 378 g/mol. The number of piperidine rings is 1. The van der Waals surface area contributed by atoms with Gasteiger partial charge in [0.25, 0.3) is 11.1 Å². The summed E-state index contributed by atoms with van der Waals surface area (Å²) in [6.07, 6.45) is 0.802. The fourth-order valence-corrected chi connectivity index (χ4v) is 5.84. The topological polar surface area (TPSA) is 125 Å². The average molecular weight is 378 g/mol. The molecule has 10 heteroatoms. The van der Waals surface area contributed by atoms with Gasteiger partial charge in [0.15, 0.2) is 4.90 Å². The summed E-state index contributed by atoms with van der Waals surface area (Å²) in [5, 5.41) is 0. The van der Waals surface area contributed by atoms with Crippen molar-refractivity contribution in [3.8, 4) is 0 Å². The molecule has 4 heterocycles. The highest BCUT2D eigenvalue weighted by molar-refractivity contribution is 7.89. The highest BCUT2D eigenvalue weighted by atomic mass is 32.2. The van der Waals surface area contributed by atoms with Gasteiger partial charge < -0.3 is 9.55 Å². The number of nitrogens with one attached hydrogen (secondary N) is 2. The molecule has 4 rings (SSSR count). The number of aromatic amines is 2. The van der Waals surface area contributed by atoms with E-state index in [4.69, 9.17) is 0 Å². The summed E-state index contributed by atoms with van der Waals surface area (Å²) in [5.74, 6) is -0.105. The van der Waals surface area contributed by atoms with Crippen LogP contribution in [0.1, 0.15) is 23.7 Å². The van der Waals surface area contributed by atoms with E-state index in [0.717, 1.165) is 12.1 Å². The summed E-state index contributed by atoms with van der Waals surface area (Å²) in [6, 6.07) is 5.03. The first kappa shape index (κ1) is 17.0. The lowest BCUT2D eigenvalue weighted by atomic mass is 9.84. The molecule has 2 aromatic rings. The van der Waals surface area contributed by atoms with Crippen molar-refractivity contribution >= 4 is 10.0 Å². The molecule has 9 nitrogen and oxygen atoms in total. The minimum absolute atomic E-state index is 0.00160. The molecule has 2 bridgehead atoms. The van der Waals surface area contributed by atoms with Crippen molar-refractivity contribution in [2.24, 2.45) is 5.92 Å². The van der Waals surface area contributed by atoms with Crippen molar-refractivity contribution < 1.29 is 8.42 Å². The zero-order valence-corrected chi connectivity index (χ0v) is 14.9. The van der Waals surface area contributed by atoms with Crippen LogP contribution in [0.25, 0.3) is 0 Å². The normalized spacial score (nSPS) is 22.8. The second kappa shape index (κ2) is 5.78. The van der Waals surface area contributed by atoms with Gasteiger partial charge in [-0.2, -0.15) is 4.31 Å². The number of nitrogens with zero attached hydrogens (tertiary/aromatic N) is 2. The van der Waals surface area contributed by atoms with Crippen LogP contribution in [0.2, 0.25) is 0 Å². The number of sulfonamides is 1. The van der Waals surface area contributed by atoms with E-state index in [9.17, 15) is 22.8 Å². The Labute approximate surface area is 148 Å². The van der Waals surface area contributed by atoms with Crippen LogP contribution in [0.15, 0.2) is 37.5 Å². The average Bonchev–Trinajstić information content (AvgIpc) is 2.54. The minimum Gasteiger partial charge on any atom is -0.312 e. The standard InChI is InChI=1S/C16H18N4O5S/c1-9-14(15(22)18-16(23)17-9)26(24,25)19-6-10-5-11(8-19)12-3-2-4-13(21)20(12)7-10/h2-4,10-11H,5-8H2,1H3,(H2,17,18,22,23)/t10-,11-/m0/s1. The maximum atomic E-state index is 13.1. The molecule has 0 saturated carbocycles. The second-order valence-electron chi connectivity index (χ2n) is 6.88. The van der Waals surface area contributed by atoms with Crippen LogP contribution in [0.3, 0.4) is 0 Å². The Hall–Kier alpha value is -2.46. The molecule has 2 aromatic heterocycles. The Balaban J connectivity index is 1.76.